The van der Waals surface area contributed by atoms with Crippen LogP contribution in [0, 0.1) is 13.8 Å². The van der Waals surface area contributed by atoms with Crippen molar-refractivity contribution in [2.45, 2.75) is 13.8 Å². The molecule has 1 aromatic heterocycles. The summed E-state index contributed by atoms with van der Waals surface area (Å²) in [7, 11) is 3.27. The van der Waals surface area contributed by atoms with Crippen LogP contribution < -0.4 is 9.47 Å². The van der Waals surface area contributed by atoms with Gasteiger partial charge in [0, 0.05) is 11.5 Å². The van der Waals surface area contributed by atoms with Crippen LogP contribution in [0.5, 0.6) is 11.6 Å². The maximum Gasteiger partial charge on any atom is 0.217 e. The number of aryl methyl sites for hydroxylation is 2. The van der Waals surface area contributed by atoms with Crippen LogP contribution in [0.25, 0.3) is 10.9 Å². The van der Waals surface area contributed by atoms with E-state index < -0.39 is 0 Å². The molecular weight excluding hydrogens is 202 g/mol. The van der Waals surface area contributed by atoms with Gasteiger partial charge in [0.1, 0.15) is 5.75 Å². The molecule has 0 atom stereocenters. The maximum atomic E-state index is 5.37. The van der Waals surface area contributed by atoms with Crippen LogP contribution in [0.3, 0.4) is 0 Å². The Balaban J connectivity index is 2.83. The van der Waals surface area contributed by atoms with Gasteiger partial charge in [0.15, 0.2) is 0 Å². The van der Waals surface area contributed by atoms with Gasteiger partial charge in [0.2, 0.25) is 5.88 Å². The predicted molar refractivity (Wildman–Crippen MR) is 64.3 cm³/mol. The topological polar surface area (TPSA) is 31.4 Å². The summed E-state index contributed by atoms with van der Waals surface area (Å²) in [5.74, 6) is 1.38. The Bertz CT molecular complexity index is 535. The minimum absolute atomic E-state index is 0.578. The summed E-state index contributed by atoms with van der Waals surface area (Å²) < 4.78 is 10.5. The molecule has 0 unspecified atom stereocenters. The van der Waals surface area contributed by atoms with Gasteiger partial charge in [0.05, 0.1) is 19.7 Å². The highest BCUT2D eigenvalue weighted by atomic mass is 16.5. The van der Waals surface area contributed by atoms with E-state index in [1.165, 1.54) is 11.1 Å². The highest BCUT2D eigenvalue weighted by Gasteiger charge is 2.09. The number of rotatable bonds is 2. The second-order valence-corrected chi connectivity index (χ2v) is 3.84. The van der Waals surface area contributed by atoms with Crippen molar-refractivity contribution in [3.63, 3.8) is 0 Å². The van der Waals surface area contributed by atoms with Crippen LogP contribution in [0.15, 0.2) is 18.2 Å². The van der Waals surface area contributed by atoms with Gasteiger partial charge in [-0.3, -0.25) is 0 Å². The minimum atomic E-state index is 0.578. The lowest BCUT2D eigenvalue weighted by molar-refractivity contribution is 0.386. The Morgan fingerprint density at radius 2 is 1.75 bits per heavy atom. The number of hydrogen-bond donors (Lipinski definition) is 0. The summed E-state index contributed by atoms with van der Waals surface area (Å²) in [5, 5.41) is 1.05. The number of aromatic nitrogens is 1. The van der Waals surface area contributed by atoms with E-state index in [0.29, 0.717) is 5.88 Å². The van der Waals surface area contributed by atoms with E-state index in [0.717, 1.165) is 16.7 Å². The van der Waals surface area contributed by atoms with Crippen molar-refractivity contribution in [3.05, 3.63) is 29.3 Å². The molecule has 0 amide bonds. The Labute approximate surface area is 95.0 Å². The van der Waals surface area contributed by atoms with Crippen molar-refractivity contribution in [2.24, 2.45) is 0 Å². The molecule has 16 heavy (non-hydrogen) atoms. The molecule has 0 bridgehead atoms. The van der Waals surface area contributed by atoms with Gasteiger partial charge < -0.3 is 9.47 Å². The van der Waals surface area contributed by atoms with Crippen molar-refractivity contribution in [1.29, 1.82) is 0 Å². The number of ether oxygens (including phenoxy) is 2. The van der Waals surface area contributed by atoms with Gasteiger partial charge in [0.25, 0.3) is 0 Å². The van der Waals surface area contributed by atoms with Crippen LogP contribution in [0.2, 0.25) is 0 Å². The molecule has 0 saturated heterocycles. The van der Waals surface area contributed by atoms with Gasteiger partial charge >= 0.3 is 0 Å². The molecule has 0 radical (unpaired) electrons. The van der Waals surface area contributed by atoms with E-state index in [1.807, 2.05) is 12.1 Å². The monoisotopic (exact) mass is 217 g/mol. The molecule has 1 aromatic carbocycles. The zero-order valence-electron chi connectivity index (χ0n) is 10.00. The fourth-order valence-electron chi connectivity index (χ4n) is 1.95. The van der Waals surface area contributed by atoms with Crippen LogP contribution in [-0.2, 0) is 0 Å². The standard InChI is InChI=1S/C13H15NO2/c1-8-5-9(2)13-10(6-8)14-12(16-4)7-11(13)15-3/h5-7H,1-4H3. The van der Waals surface area contributed by atoms with Gasteiger partial charge in [-0.25, -0.2) is 4.98 Å². The Morgan fingerprint density at radius 1 is 1.00 bits per heavy atom. The third-order valence-electron chi connectivity index (χ3n) is 2.62. The summed E-state index contributed by atoms with van der Waals surface area (Å²) in [5.41, 5.74) is 3.27. The zero-order chi connectivity index (χ0) is 11.7. The fourth-order valence-corrected chi connectivity index (χ4v) is 1.95. The first-order chi connectivity index (χ1) is 7.65. The van der Waals surface area contributed by atoms with E-state index in [2.05, 4.69) is 24.9 Å². The lowest BCUT2D eigenvalue weighted by Crippen LogP contribution is -1.94. The van der Waals surface area contributed by atoms with Crippen LogP contribution in [0.1, 0.15) is 11.1 Å². The summed E-state index contributed by atoms with van der Waals surface area (Å²) in [6.07, 6.45) is 0. The smallest absolute Gasteiger partial charge is 0.217 e. The Hall–Kier alpha value is -1.77. The van der Waals surface area contributed by atoms with Crippen molar-refractivity contribution in [2.75, 3.05) is 14.2 Å². The van der Waals surface area contributed by atoms with Crippen molar-refractivity contribution in [3.8, 4) is 11.6 Å². The van der Waals surface area contributed by atoms with Gasteiger partial charge in [-0.05, 0) is 31.0 Å². The first-order valence-corrected chi connectivity index (χ1v) is 5.15. The average molecular weight is 217 g/mol. The molecule has 84 valence electrons. The van der Waals surface area contributed by atoms with Gasteiger partial charge in [-0.15, -0.1) is 0 Å². The third-order valence-corrected chi connectivity index (χ3v) is 2.62. The number of benzene rings is 1. The van der Waals surface area contributed by atoms with Crippen molar-refractivity contribution >= 4 is 10.9 Å². The van der Waals surface area contributed by atoms with E-state index >= 15 is 0 Å². The molecule has 0 aliphatic carbocycles. The Kier molecular flexibility index (Phi) is 2.69. The number of fused-ring (bicyclic) bond motifs is 1. The molecule has 0 aliphatic heterocycles. The molecule has 2 rings (SSSR count). The average Bonchev–Trinajstić information content (AvgIpc) is 2.26. The second-order valence-electron chi connectivity index (χ2n) is 3.84. The van der Waals surface area contributed by atoms with Crippen LogP contribution in [0.4, 0.5) is 0 Å². The lowest BCUT2D eigenvalue weighted by atomic mass is 10.1. The Morgan fingerprint density at radius 3 is 2.38 bits per heavy atom. The highest BCUT2D eigenvalue weighted by molar-refractivity contribution is 5.89. The molecule has 3 nitrogen and oxygen atoms in total. The molecule has 3 heteroatoms. The number of hydrogen-bond acceptors (Lipinski definition) is 3. The van der Waals surface area contributed by atoms with E-state index in [4.69, 9.17) is 9.47 Å². The molecule has 0 spiro atoms. The molecule has 1 heterocycles. The molecule has 0 saturated carbocycles. The minimum Gasteiger partial charge on any atom is -0.496 e. The molecule has 0 aliphatic rings. The first-order valence-electron chi connectivity index (χ1n) is 5.15. The highest BCUT2D eigenvalue weighted by Crippen LogP contribution is 2.31. The second kappa shape index (κ2) is 4.00. The van der Waals surface area contributed by atoms with Crippen molar-refractivity contribution < 1.29 is 9.47 Å². The summed E-state index contributed by atoms with van der Waals surface area (Å²) in [4.78, 5) is 4.42. The predicted octanol–water partition coefficient (Wildman–Crippen LogP) is 2.87. The summed E-state index contributed by atoms with van der Waals surface area (Å²) in [6.45, 7) is 4.12. The van der Waals surface area contributed by atoms with Crippen molar-refractivity contribution in [1.82, 2.24) is 4.98 Å². The lowest BCUT2D eigenvalue weighted by Gasteiger charge is -2.10. The third kappa shape index (κ3) is 1.69. The SMILES string of the molecule is COc1cc(OC)c2c(C)cc(C)cc2n1. The molecule has 0 N–H and O–H groups in total. The normalized spacial score (nSPS) is 10.5. The van der Waals surface area contributed by atoms with E-state index in [1.54, 1.807) is 14.2 Å². The van der Waals surface area contributed by atoms with Gasteiger partial charge in [-0.2, -0.15) is 0 Å². The van der Waals surface area contributed by atoms with Crippen LogP contribution >= 0.6 is 0 Å². The van der Waals surface area contributed by atoms with Gasteiger partial charge in [-0.1, -0.05) is 6.07 Å². The first kappa shape index (κ1) is 10.7. The molecule has 0 fully saturated rings. The molecule has 2 aromatic rings. The number of methoxy groups -OCH3 is 2. The zero-order valence-corrected chi connectivity index (χ0v) is 10.00. The largest absolute Gasteiger partial charge is 0.496 e. The fraction of sp³-hybridized carbons (Fsp3) is 0.308. The van der Waals surface area contributed by atoms with E-state index in [-0.39, 0.29) is 0 Å². The summed E-state index contributed by atoms with van der Waals surface area (Å²) in [6, 6.07) is 5.97. The van der Waals surface area contributed by atoms with Crippen LogP contribution in [-0.4, -0.2) is 19.2 Å². The van der Waals surface area contributed by atoms with E-state index in [9.17, 15) is 0 Å². The summed E-state index contributed by atoms with van der Waals surface area (Å²) >= 11 is 0. The maximum absolute atomic E-state index is 5.37. The number of nitrogens with zero attached hydrogens (tertiary/aromatic N) is 1. The quantitative estimate of drug-likeness (QED) is 0.775. The number of pyridine rings is 1. The molecular formula is C13H15NO2.